The maximum Gasteiger partial charge on any atom is 0.233 e. The molecule has 0 unspecified atom stereocenters. The summed E-state index contributed by atoms with van der Waals surface area (Å²) in [6.45, 7) is 8.74. The Kier molecular flexibility index (Phi) is 3.99. The van der Waals surface area contributed by atoms with E-state index in [2.05, 4.69) is 15.3 Å². The molecule has 0 aromatic carbocycles. The lowest BCUT2D eigenvalue weighted by Gasteiger charge is -2.12. The van der Waals surface area contributed by atoms with Crippen molar-refractivity contribution >= 4 is 22.8 Å². The van der Waals surface area contributed by atoms with E-state index < -0.39 is 0 Å². The third kappa shape index (κ3) is 3.59. The number of aromatic nitrogens is 1. The maximum atomic E-state index is 11.9. The number of hydrogen-bond donors (Lipinski definition) is 1. The first-order valence-electron chi connectivity index (χ1n) is 6.30. The Hall–Kier alpha value is -1.30. The molecule has 1 aliphatic rings. The zero-order valence-electron chi connectivity index (χ0n) is 11.7. The molecular weight excluding hydrogens is 262 g/mol. The average Bonchev–Trinajstić information content (AvgIpc) is 2.88. The molecule has 1 aromatic rings. The normalized spacial score (nSPS) is 15.5. The van der Waals surface area contributed by atoms with Gasteiger partial charge in [-0.1, -0.05) is 32.5 Å². The van der Waals surface area contributed by atoms with Gasteiger partial charge in [0.2, 0.25) is 5.91 Å². The van der Waals surface area contributed by atoms with Crippen molar-refractivity contribution in [1.82, 2.24) is 10.3 Å². The van der Waals surface area contributed by atoms with E-state index in [4.69, 9.17) is 4.42 Å². The first-order valence-corrected chi connectivity index (χ1v) is 7.28. The highest BCUT2D eigenvalue weighted by atomic mass is 32.2. The SMILES string of the molecule is Cc1nc(C(C)(C)C)oc1CC(=O)NC1=NCCS1. The van der Waals surface area contributed by atoms with E-state index in [0.717, 1.165) is 18.0 Å². The van der Waals surface area contributed by atoms with Crippen LogP contribution in [0.2, 0.25) is 0 Å². The number of rotatable bonds is 2. The number of carbonyl (C=O) groups is 1. The van der Waals surface area contributed by atoms with Crippen molar-refractivity contribution in [1.29, 1.82) is 0 Å². The van der Waals surface area contributed by atoms with Crippen LogP contribution in [0.1, 0.15) is 38.1 Å². The summed E-state index contributed by atoms with van der Waals surface area (Å²) in [5, 5.41) is 3.50. The topological polar surface area (TPSA) is 67.5 Å². The van der Waals surface area contributed by atoms with Crippen LogP contribution >= 0.6 is 11.8 Å². The number of carbonyl (C=O) groups excluding carboxylic acids is 1. The molecule has 0 bridgehead atoms. The Morgan fingerprint density at radius 1 is 1.47 bits per heavy atom. The summed E-state index contributed by atoms with van der Waals surface area (Å²) in [6, 6.07) is 0. The van der Waals surface area contributed by atoms with Gasteiger partial charge in [0, 0.05) is 11.2 Å². The van der Waals surface area contributed by atoms with Crippen LogP contribution in [0.15, 0.2) is 9.41 Å². The molecule has 0 aliphatic carbocycles. The number of hydrogen-bond acceptors (Lipinski definition) is 5. The van der Waals surface area contributed by atoms with Crippen LogP contribution in [0.3, 0.4) is 0 Å². The smallest absolute Gasteiger partial charge is 0.233 e. The van der Waals surface area contributed by atoms with Gasteiger partial charge in [0.1, 0.15) is 5.76 Å². The fourth-order valence-corrected chi connectivity index (χ4v) is 2.38. The van der Waals surface area contributed by atoms with Crippen LogP contribution in [0, 0.1) is 6.92 Å². The van der Waals surface area contributed by atoms with Gasteiger partial charge in [0.05, 0.1) is 18.7 Å². The lowest BCUT2D eigenvalue weighted by atomic mass is 9.97. The minimum atomic E-state index is -0.148. The van der Waals surface area contributed by atoms with Gasteiger partial charge >= 0.3 is 0 Å². The molecule has 0 atom stereocenters. The standard InChI is InChI=1S/C13H19N3O2S/c1-8-9(18-11(15-8)13(2,3)4)7-10(17)16-12-14-5-6-19-12/h5-7H2,1-4H3,(H,14,16,17). The molecule has 0 fully saturated rings. The second-order valence-corrected chi connectivity index (χ2v) is 6.62. The summed E-state index contributed by atoms with van der Waals surface area (Å²) in [4.78, 5) is 20.5. The first kappa shape index (κ1) is 14.1. The van der Waals surface area contributed by atoms with Crippen molar-refractivity contribution in [2.45, 2.75) is 39.5 Å². The first-order chi connectivity index (χ1) is 8.86. The van der Waals surface area contributed by atoms with Gasteiger partial charge in [0.15, 0.2) is 11.1 Å². The van der Waals surface area contributed by atoms with E-state index in [9.17, 15) is 4.79 Å². The highest BCUT2D eigenvalue weighted by Crippen LogP contribution is 2.24. The molecule has 1 amide bonds. The second-order valence-electron chi connectivity index (χ2n) is 5.54. The molecule has 0 spiro atoms. The highest BCUT2D eigenvalue weighted by molar-refractivity contribution is 8.14. The molecule has 2 heterocycles. The Balaban J connectivity index is 2.02. The molecule has 1 aliphatic heterocycles. The minimum absolute atomic E-state index is 0.104. The summed E-state index contributed by atoms with van der Waals surface area (Å²) < 4.78 is 5.70. The number of amides is 1. The third-order valence-corrected chi connectivity index (χ3v) is 3.58. The van der Waals surface area contributed by atoms with E-state index in [1.807, 2.05) is 27.7 Å². The van der Waals surface area contributed by atoms with Gasteiger partial charge in [-0.15, -0.1) is 0 Å². The predicted molar refractivity (Wildman–Crippen MR) is 76.5 cm³/mol. The number of amidine groups is 1. The molecular formula is C13H19N3O2S. The van der Waals surface area contributed by atoms with Crippen molar-refractivity contribution < 1.29 is 9.21 Å². The lowest BCUT2D eigenvalue weighted by molar-refractivity contribution is -0.119. The van der Waals surface area contributed by atoms with Crippen molar-refractivity contribution in [3.05, 3.63) is 17.3 Å². The number of nitrogens with one attached hydrogen (secondary N) is 1. The van der Waals surface area contributed by atoms with Crippen LogP contribution in [-0.4, -0.2) is 28.4 Å². The van der Waals surface area contributed by atoms with Crippen molar-refractivity contribution in [3.63, 3.8) is 0 Å². The van der Waals surface area contributed by atoms with Crippen molar-refractivity contribution in [3.8, 4) is 0 Å². The van der Waals surface area contributed by atoms with E-state index in [0.29, 0.717) is 16.8 Å². The number of aryl methyl sites for hydroxylation is 1. The summed E-state index contributed by atoms with van der Waals surface area (Å²) in [7, 11) is 0. The molecule has 2 rings (SSSR count). The van der Waals surface area contributed by atoms with Crippen LogP contribution in [0.25, 0.3) is 0 Å². The lowest BCUT2D eigenvalue weighted by Crippen LogP contribution is -2.28. The molecule has 6 heteroatoms. The van der Waals surface area contributed by atoms with E-state index in [1.54, 1.807) is 11.8 Å². The van der Waals surface area contributed by atoms with Crippen LogP contribution in [-0.2, 0) is 16.6 Å². The van der Waals surface area contributed by atoms with Gasteiger partial charge in [-0.3, -0.25) is 9.79 Å². The van der Waals surface area contributed by atoms with Crippen molar-refractivity contribution in [2.75, 3.05) is 12.3 Å². The fourth-order valence-electron chi connectivity index (χ4n) is 1.63. The van der Waals surface area contributed by atoms with Gasteiger partial charge in [-0.2, -0.15) is 0 Å². The largest absolute Gasteiger partial charge is 0.444 e. The number of nitrogens with zero attached hydrogens (tertiary/aromatic N) is 2. The van der Waals surface area contributed by atoms with Crippen LogP contribution in [0.4, 0.5) is 0 Å². The Labute approximate surface area is 117 Å². The van der Waals surface area contributed by atoms with Crippen molar-refractivity contribution in [2.24, 2.45) is 4.99 Å². The Morgan fingerprint density at radius 3 is 2.74 bits per heavy atom. The summed E-state index contributed by atoms with van der Waals surface area (Å²) in [5.41, 5.74) is 0.631. The van der Waals surface area contributed by atoms with Gasteiger partial charge < -0.3 is 9.73 Å². The fraction of sp³-hybridized carbons (Fsp3) is 0.615. The zero-order chi connectivity index (χ0) is 14.0. The average molecular weight is 281 g/mol. The van der Waals surface area contributed by atoms with E-state index in [-0.39, 0.29) is 17.7 Å². The molecule has 1 aromatic heterocycles. The quantitative estimate of drug-likeness (QED) is 0.901. The van der Waals surface area contributed by atoms with E-state index >= 15 is 0 Å². The maximum absolute atomic E-state index is 11.9. The molecule has 19 heavy (non-hydrogen) atoms. The highest BCUT2D eigenvalue weighted by Gasteiger charge is 2.23. The minimum Gasteiger partial charge on any atom is -0.444 e. The molecule has 0 saturated heterocycles. The second kappa shape index (κ2) is 5.36. The molecule has 1 N–H and O–H groups in total. The summed E-state index contributed by atoms with van der Waals surface area (Å²) in [5.74, 6) is 2.13. The number of oxazole rings is 1. The third-order valence-electron chi connectivity index (χ3n) is 2.69. The number of thioether (sulfide) groups is 1. The van der Waals surface area contributed by atoms with Gasteiger partial charge in [-0.25, -0.2) is 4.98 Å². The van der Waals surface area contributed by atoms with Crippen LogP contribution in [0.5, 0.6) is 0 Å². The molecule has 5 nitrogen and oxygen atoms in total. The monoisotopic (exact) mass is 281 g/mol. The molecule has 0 saturated carbocycles. The Bertz CT molecular complexity index is 514. The van der Waals surface area contributed by atoms with E-state index in [1.165, 1.54) is 0 Å². The Morgan fingerprint density at radius 2 is 2.21 bits per heavy atom. The van der Waals surface area contributed by atoms with Gasteiger partial charge in [-0.05, 0) is 6.92 Å². The molecule has 0 radical (unpaired) electrons. The number of aliphatic imine (C=N–C) groups is 1. The molecule has 104 valence electrons. The van der Waals surface area contributed by atoms with Crippen LogP contribution < -0.4 is 5.32 Å². The summed E-state index contributed by atoms with van der Waals surface area (Å²) >= 11 is 1.57. The summed E-state index contributed by atoms with van der Waals surface area (Å²) in [6.07, 6.45) is 0.203. The van der Waals surface area contributed by atoms with Gasteiger partial charge in [0.25, 0.3) is 0 Å². The zero-order valence-corrected chi connectivity index (χ0v) is 12.6. The predicted octanol–water partition coefficient (Wildman–Crippen LogP) is 2.04.